The maximum absolute atomic E-state index is 11.3. The zero-order chi connectivity index (χ0) is 11.5. The molecule has 16 heavy (non-hydrogen) atoms. The van der Waals surface area contributed by atoms with E-state index in [9.17, 15) is 9.59 Å². The number of ether oxygens (including phenoxy) is 1. The number of hydrogen-bond acceptors (Lipinski definition) is 3. The highest BCUT2D eigenvalue weighted by Gasteiger charge is 2.17. The van der Waals surface area contributed by atoms with Gasteiger partial charge in [-0.05, 0) is 23.8 Å². The Hall–Kier alpha value is -2.28. The van der Waals surface area contributed by atoms with Crippen molar-refractivity contribution < 1.29 is 14.3 Å². The molecule has 0 spiro atoms. The SMILES string of the molecule is COC(=O)C#Cc1ccc2c(c1)CNC2=O. The molecular weight excluding hydrogens is 206 g/mol. The van der Waals surface area contributed by atoms with E-state index in [1.807, 2.05) is 0 Å². The minimum Gasteiger partial charge on any atom is -0.459 e. The van der Waals surface area contributed by atoms with Gasteiger partial charge in [0.2, 0.25) is 0 Å². The highest BCUT2D eigenvalue weighted by atomic mass is 16.5. The summed E-state index contributed by atoms with van der Waals surface area (Å²) in [5.74, 6) is 4.37. The van der Waals surface area contributed by atoms with E-state index < -0.39 is 5.97 Å². The monoisotopic (exact) mass is 215 g/mol. The van der Waals surface area contributed by atoms with Crippen molar-refractivity contribution in [1.29, 1.82) is 0 Å². The highest BCUT2D eigenvalue weighted by Crippen LogP contribution is 2.16. The number of amides is 1. The van der Waals surface area contributed by atoms with Crippen LogP contribution in [0.5, 0.6) is 0 Å². The minimum absolute atomic E-state index is 0.0672. The molecule has 1 aliphatic rings. The lowest BCUT2D eigenvalue weighted by molar-refractivity contribution is -0.133. The molecule has 80 valence electrons. The summed E-state index contributed by atoms with van der Waals surface area (Å²) in [5, 5.41) is 2.71. The average Bonchev–Trinajstić information content (AvgIpc) is 2.67. The molecule has 0 atom stereocenters. The van der Waals surface area contributed by atoms with Gasteiger partial charge in [-0.1, -0.05) is 5.92 Å². The summed E-state index contributed by atoms with van der Waals surface area (Å²) in [5.41, 5.74) is 2.27. The lowest BCUT2D eigenvalue weighted by Gasteiger charge is -1.95. The fourth-order valence-corrected chi connectivity index (χ4v) is 1.48. The van der Waals surface area contributed by atoms with Gasteiger partial charge in [-0.15, -0.1) is 0 Å². The number of carbonyl (C=O) groups is 2. The van der Waals surface area contributed by atoms with Gasteiger partial charge in [0.15, 0.2) is 0 Å². The molecule has 1 N–H and O–H groups in total. The predicted molar refractivity (Wildman–Crippen MR) is 56.5 cm³/mol. The lowest BCUT2D eigenvalue weighted by atomic mass is 10.1. The Morgan fingerprint density at radius 3 is 3.06 bits per heavy atom. The van der Waals surface area contributed by atoms with Crippen LogP contribution in [0.1, 0.15) is 21.5 Å². The Morgan fingerprint density at radius 2 is 2.31 bits per heavy atom. The normalized spacial score (nSPS) is 12.2. The van der Waals surface area contributed by atoms with Gasteiger partial charge in [0, 0.05) is 23.6 Å². The van der Waals surface area contributed by atoms with Crippen LogP contribution >= 0.6 is 0 Å². The van der Waals surface area contributed by atoms with E-state index in [1.165, 1.54) is 7.11 Å². The Balaban J connectivity index is 2.28. The van der Waals surface area contributed by atoms with Gasteiger partial charge >= 0.3 is 5.97 Å². The number of fused-ring (bicyclic) bond motifs is 1. The first-order valence-electron chi connectivity index (χ1n) is 4.72. The fraction of sp³-hybridized carbons (Fsp3) is 0.167. The number of carbonyl (C=O) groups excluding carboxylic acids is 2. The molecule has 1 aromatic rings. The predicted octanol–water partition coefficient (Wildman–Crippen LogP) is 0.454. The summed E-state index contributed by atoms with van der Waals surface area (Å²) in [4.78, 5) is 22.1. The van der Waals surface area contributed by atoms with Gasteiger partial charge < -0.3 is 10.1 Å². The standard InChI is InChI=1S/C12H9NO3/c1-16-11(14)5-3-8-2-4-10-9(6-8)7-13-12(10)15/h2,4,6H,7H2,1H3,(H,13,15). The summed E-state index contributed by atoms with van der Waals surface area (Å²) in [6.07, 6.45) is 0. The van der Waals surface area contributed by atoms with Crippen LogP contribution in [0.3, 0.4) is 0 Å². The summed E-state index contributed by atoms with van der Waals surface area (Å²) >= 11 is 0. The maximum atomic E-state index is 11.3. The van der Waals surface area contributed by atoms with E-state index in [0.717, 1.165) is 5.56 Å². The third kappa shape index (κ3) is 1.89. The van der Waals surface area contributed by atoms with E-state index in [1.54, 1.807) is 18.2 Å². The summed E-state index contributed by atoms with van der Waals surface area (Å²) in [6, 6.07) is 5.21. The van der Waals surface area contributed by atoms with Crippen molar-refractivity contribution in [1.82, 2.24) is 5.32 Å². The molecule has 2 rings (SSSR count). The first-order valence-corrected chi connectivity index (χ1v) is 4.72. The molecule has 0 saturated heterocycles. The van der Waals surface area contributed by atoms with E-state index >= 15 is 0 Å². The van der Waals surface area contributed by atoms with Crippen LogP contribution in [0.15, 0.2) is 18.2 Å². The van der Waals surface area contributed by atoms with Crippen LogP contribution in [-0.2, 0) is 16.1 Å². The summed E-state index contributed by atoms with van der Waals surface area (Å²) in [7, 11) is 1.28. The topological polar surface area (TPSA) is 55.4 Å². The van der Waals surface area contributed by atoms with Crippen LogP contribution in [0.4, 0.5) is 0 Å². The molecule has 0 unspecified atom stereocenters. The third-order valence-corrected chi connectivity index (χ3v) is 2.28. The van der Waals surface area contributed by atoms with E-state index in [4.69, 9.17) is 0 Å². The first-order chi connectivity index (χ1) is 7.70. The third-order valence-electron chi connectivity index (χ3n) is 2.28. The van der Waals surface area contributed by atoms with Crippen LogP contribution in [0.2, 0.25) is 0 Å². The number of rotatable bonds is 0. The van der Waals surface area contributed by atoms with Crippen molar-refractivity contribution >= 4 is 11.9 Å². The minimum atomic E-state index is -0.574. The van der Waals surface area contributed by atoms with Crippen molar-refractivity contribution in [2.24, 2.45) is 0 Å². The van der Waals surface area contributed by atoms with E-state index in [2.05, 4.69) is 21.9 Å². The molecule has 1 aromatic carbocycles. The van der Waals surface area contributed by atoms with Gasteiger partial charge in [-0.2, -0.15) is 0 Å². The molecule has 0 fully saturated rings. The molecule has 0 saturated carbocycles. The number of nitrogens with one attached hydrogen (secondary N) is 1. The van der Waals surface area contributed by atoms with Gasteiger partial charge in [0.05, 0.1) is 7.11 Å². The average molecular weight is 215 g/mol. The number of benzene rings is 1. The molecule has 4 nitrogen and oxygen atoms in total. The molecular formula is C12H9NO3. The van der Waals surface area contributed by atoms with Crippen LogP contribution in [0.25, 0.3) is 0 Å². The zero-order valence-electron chi connectivity index (χ0n) is 8.66. The fourth-order valence-electron chi connectivity index (χ4n) is 1.48. The molecule has 1 aliphatic heterocycles. The Morgan fingerprint density at radius 1 is 1.50 bits per heavy atom. The number of esters is 1. The molecule has 0 bridgehead atoms. The second kappa shape index (κ2) is 4.07. The highest BCUT2D eigenvalue weighted by molar-refractivity contribution is 5.98. The molecule has 1 heterocycles. The van der Waals surface area contributed by atoms with E-state index in [0.29, 0.717) is 17.7 Å². The van der Waals surface area contributed by atoms with Gasteiger partial charge in [0.25, 0.3) is 5.91 Å². The van der Waals surface area contributed by atoms with Gasteiger partial charge in [0.1, 0.15) is 0 Å². The number of methoxy groups -OCH3 is 1. The molecule has 0 aromatic heterocycles. The van der Waals surface area contributed by atoms with E-state index in [-0.39, 0.29) is 5.91 Å². The quantitative estimate of drug-likeness (QED) is 0.505. The Kier molecular flexibility index (Phi) is 2.61. The van der Waals surface area contributed by atoms with Crippen LogP contribution in [0, 0.1) is 11.8 Å². The molecule has 1 amide bonds. The van der Waals surface area contributed by atoms with Gasteiger partial charge in [-0.25, -0.2) is 4.79 Å². The first kappa shape index (κ1) is 10.2. The molecule has 0 aliphatic carbocycles. The van der Waals surface area contributed by atoms with Crippen molar-refractivity contribution in [3.63, 3.8) is 0 Å². The van der Waals surface area contributed by atoms with Crippen molar-refractivity contribution in [2.45, 2.75) is 6.54 Å². The lowest BCUT2D eigenvalue weighted by Crippen LogP contribution is -2.12. The van der Waals surface area contributed by atoms with Crippen molar-refractivity contribution in [2.75, 3.05) is 7.11 Å². The van der Waals surface area contributed by atoms with Crippen LogP contribution < -0.4 is 5.32 Å². The smallest absolute Gasteiger partial charge is 0.384 e. The van der Waals surface area contributed by atoms with Crippen molar-refractivity contribution in [3.05, 3.63) is 34.9 Å². The second-order valence-electron chi connectivity index (χ2n) is 3.30. The Bertz CT molecular complexity index is 523. The maximum Gasteiger partial charge on any atom is 0.384 e. The summed E-state index contributed by atoms with van der Waals surface area (Å²) in [6.45, 7) is 0.516. The molecule has 0 radical (unpaired) electrons. The Labute approximate surface area is 92.6 Å². The summed E-state index contributed by atoms with van der Waals surface area (Å²) < 4.78 is 4.40. The second-order valence-corrected chi connectivity index (χ2v) is 3.30. The van der Waals surface area contributed by atoms with Crippen molar-refractivity contribution in [3.8, 4) is 11.8 Å². The van der Waals surface area contributed by atoms with Crippen LogP contribution in [-0.4, -0.2) is 19.0 Å². The largest absolute Gasteiger partial charge is 0.459 e. The number of hydrogen-bond donors (Lipinski definition) is 1. The molecule has 4 heteroatoms. The zero-order valence-corrected chi connectivity index (χ0v) is 8.66. The van der Waals surface area contributed by atoms with Gasteiger partial charge in [-0.3, -0.25) is 4.79 Å².